The first-order chi connectivity index (χ1) is 13.9. The van der Waals surface area contributed by atoms with Crippen LogP contribution < -0.4 is 4.72 Å². The molecule has 1 aromatic carbocycles. The fraction of sp³-hybridized carbons (Fsp3) is 0.368. The van der Waals surface area contributed by atoms with Crippen molar-refractivity contribution in [2.24, 2.45) is 5.92 Å². The maximum atomic E-state index is 12.9. The van der Waals surface area contributed by atoms with Gasteiger partial charge < -0.3 is 9.72 Å². The predicted molar refractivity (Wildman–Crippen MR) is 101 cm³/mol. The van der Waals surface area contributed by atoms with Crippen molar-refractivity contribution in [2.45, 2.75) is 37.4 Å². The molecule has 164 valence electrons. The Labute approximate surface area is 171 Å². The highest BCUT2D eigenvalue weighted by molar-refractivity contribution is 7.89. The van der Waals surface area contributed by atoms with E-state index in [2.05, 4.69) is 9.71 Å². The number of nitrogens with one attached hydrogen (secondary N) is 2. The van der Waals surface area contributed by atoms with Crippen LogP contribution in [0, 0.1) is 5.92 Å². The summed E-state index contributed by atoms with van der Waals surface area (Å²) in [5.41, 5.74) is -0.919. The molecule has 2 aromatic rings. The van der Waals surface area contributed by atoms with E-state index in [1.54, 1.807) is 19.9 Å². The first-order valence-corrected chi connectivity index (χ1v) is 10.4. The quantitative estimate of drug-likeness (QED) is 0.455. The van der Waals surface area contributed by atoms with Crippen LogP contribution in [-0.2, 0) is 25.7 Å². The molecule has 0 aliphatic heterocycles. The van der Waals surface area contributed by atoms with Gasteiger partial charge in [-0.2, -0.15) is 17.9 Å². The molecule has 1 unspecified atom stereocenters. The Bertz CT molecular complexity index is 986. The molecule has 0 fully saturated rings. The molecule has 11 heteroatoms. The Morgan fingerprint density at radius 2 is 1.87 bits per heavy atom. The predicted octanol–water partition coefficient (Wildman–Crippen LogP) is 3.15. The van der Waals surface area contributed by atoms with Crippen molar-refractivity contribution < 1.29 is 35.9 Å². The summed E-state index contributed by atoms with van der Waals surface area (Å²) in [6.07, 6.45) is -3.19. The normalized spacial score (nSPS) is 13.3. The third-order valence-corrected chi connectivity index (χ3v) is 5.47. The van der Waals surface area contributed by atoms with Crippen LogP contribution in [0.25, 0.3) is 0 Å². The summed E-state index contributed by atoms with van der Waals surface area (Å²) in [6, 6.07) is 4.87. The zero-order valence-electron chi connectivity index (χ0n) is 16.2. The van der Waals surface area contributed by atoms with Crippen molar-refractivity contribution in [1.29, 1.82) is 0 Å². The molecule has 0 aliphatic rings. The van der Waals surface area contributed by atoms with Crippen LogP contribution in [0.3, 0.4) is 0 Å². The number of sulfonamides is 1. The van der Waals surface area contributed by atoms with Gasteiger partial charge in [-0.1, -0.05) is 19.9 Å². The molecule has 0 amide bonds. The molecule has 0 bridgehead atoms. The number of halogens is 3. The largest absolute Gasteiger partial charge is 0.456 e. The van der Waals surface area contributed by atoms with Crippen LogP contribution >= 0.6 is 0 Å². The summed E-state index contributed by atoms with van der Waals surface area (Å²) >= 11 is 0. The molecule has 30 heavy (non-hydrogen) atoms. The highest BCUT2D eigenvalue weighted by atomic mass is 32.2. The number of Topliss-reactive ketones (excluding diaryl/α,β-unsaturated/α-hetero) is 1. The van der Waals surface area contributed by atoms with Gasteiger partial charge in [-0.15, -0.1) is 0 Å². The summed E-state index contributed by atoms with van der Waals surface area (Å²) < 4.78 is 70.8. The minimum Gasteiger partial charge on any atom is -0.456 e. The number of esters is 1. The number of ketones is 1. The van der Waals surface area contributed by atoms with Crippen LogP contribution in [0.1, 0.15) is 36.3 Å². The number of benzene rings is 1. The molecule has 0 spiro atoms. The first-order valence-electron chi connectivity index (χ1n) is 8.93. The van der Waals surface area contributed by atoms with Gasteiger partial charge in [-0.3, -0.25) is 9.59 Å². The van der Waals surface area contributed by atoms with Gasteiger partial charge in [-0.25, -0.2) is 8.42 Å². The van der Waals surface area contributed by atoms with Crippen LogP contribution in [0.2, 0.25) is 0 Å². The number of carbonyl (C=O) groups excluding carboxylic acids is 2. The molecule has 1 aromatic heterocycles. The number of aromatic amines is 1. The van der Waals surface area contributed by atoms with Crippen molar-refractivity contribution in [3.8, 4) is 0 Å². The molecule has 2 rings (SSSR count). The summed E-state index contributed by atoms with van der Waals surface area (Å²) in [6.45, 7) is 2.84. The van der Waals surface area contributed by atoms with Gasteiger partial charge in [0.05, 0.1) is 16.2 Å². The average Bonchev–Trinajstić information content (AvgIpc) is 3.19. The topological polar surface area (TPSA) is 105 Å². The van der Waals surface area contributed by atoms with E-state index in [0.29, 0.717) is 6.07 Å². The summed E-state index contributed by atoms with van der Waals surface area (Å²) in [4.78, 5) is 26.4. The Morgan fingerprint density at radius 3 is 2.43 bits per heavy atom. The molecule has 1 heterocycles. The molecular weight excluding hydrogens is 425 g/mol. The second-order valence-corrected chi connectivity index (χ2v) is 8.66. The zero-order chi connectivity index (χ0) is 22.5. The van der Waals surface area contributed by atoms with Crippen molar-refractivity contribution >= 4 is 21.8 Å². The Balaban J connectivity index is 2.16. The van der Waals surface area contributed by atoms with Crippen molar-refractivity contribution in [2.75, 3.05) is 6.61 Å². The summed E-state index contributed by atoms with van der Waals surface area (Å²) in [5, 5.41) is 0. The van der Waals surface area contributed by atoms with E-state index in [0.717, 1.165) is 18.2 Å². The van der Waals surface area contributed by atoms with Gasteiger partial charge in [0.15, 0.2) is 6.61 Å². The number of ether oxygens (including phenoxy) is 1. The molecule has 0 aliphatic carbocycles. The maximum absolute atomic E-state index is 12.9. The van der Waals surface area contributed by atoms with E-state index in [-0.39, 0.29) is 18.0 Å². The number of hydrogen-bond donors (Lipinski definition) is 2. The number of hydrogen-bond acceptors (Lipinski definition) is 5. The lowest BCUT2D eigenvalue weighted by Crippen LogP contribution is -2.43. The Morgan fingerprint density at radius 1 is 1.17 bits per heavy atom. The first kappa shape index (κ1) is 23.6. The van der Waals surface area contributed by atoms with Gasteiger partial charge >= 0.3 is 12.1 Å². The van der Waals surface area contributed by atoms with E-state index in [4.69, 9.17) is 4.74 Å². The van der Waals surface area contributed by atoms with Gasteiger partial charge in [0.25, 0.3) is 0 Å². The van der Waals surface area contributed by atoms with E-state index in [1.165, 1.54) is 12.3 Å². The van der Waals surface area contributed by atoms with Crippen LogP contribution in [0.4, 0.5) is 13.2 Å². The molecule has 7 nitrogen and oxygen atoms in total. The molecular formula is C19H21F3N2O5S. The molecule has 1 atom stereocenters. The van der Waals surface area contributed by atoms with E-state index >= 15 is 0 Å². The van der Waals surface area contributed by atoms with Gasteiger partial charge in [0.1, 0.15) is 6.04 Å². The highest BCUT2D eigenvalue weighted by Crippen LogP contribution is 2.30. The standard InChI is InChI=1S/C19H21F3N2O5S/c1-12(2)9-16(18(26)29-11-17(25)15-7-4-8-23-15)24-30(27,28)14-6-3-5-13(10-14)19(20,21)22/h3-8,10,12,16,23-24H,9,11H2,1-2H3. The highest BCUT2D eigenvalue weighted by Gasteiger charge is 2.33. The molecule has 0 saturated carbocycles. The maximum Gasteiger partial charge on any atom is 0.416 e. The Hall–Kier alpha value is -2.66. The van der Waals surface area contributed by atoms with Crippen LogP contribution in [0.15, 0.2) is 47.5 Å². The third-order valence-electron chi connectivity index (χ3n) is 4.00. The number of H-pyrrole nitrogens is 1. The smallest absolute Gasteiger partial charge is 0.416 e. The lowest BCUT2D eigenvalue weighted by Gasteiger charge is -2.19. The Kier molecular flexibility index (Phi) is 7.43. The SMILES string of the molecule is CC(C)CC(NS(=O)(=O)c1cccc(C(F)(F)F)c1)C(=O)OCC(=O)c1ccc[nH]1. The van der Waals surface area contributed by atoms with Crippen LogP contribution in [-0.4, -0.2) is 37.8 Å². The van der Waals surface area contributed by atoms with Crippen LogP contribution in [0.5, 0.6) is 0 Å². The fourth-order valence-corrected chi connectivity index (χ4v) is 3.82. The van der Waals surface area contributed by atoms with Gasteiger partial charge in [0, 0.05) is 6.20 Å². The second-order valence-electron chi connectivity index (χ2n) is 6.94. The number of carbonyl (C=O) groups is 2. The van der Waals surface area contributed by atoms with Gasteiger partial charge in [0.2, 0.25) is 15.8 Å². The molecule has 0 saturated heterocycles. The lowest BCUT2D eigenvalue weighted by atomic mass is 10.1. The number of aromatic nitrogens is 1. The summed E-state index contributed by atoms with van der Waals surface area (Å²) in [5.74, 6) is -1.66. The van der Waals surface area contributed by atoms with Crippen molar-refractivity contribution in [3.63, 3.8) is 0 Å². The average molecular weight is 446 g/mol. The minimum absolute atomic E-state index is 0.0215. The fourth-order valence-electron chi connectivity index (χ4n) is 2.58. The van der Waals surface area contributed by atoms with Gasteiger partial charge in [-0.05, 0) is 42.7 Å². The van der Waals surface area contributed by atoms with Crippen molar-refractivity contribution in [1.82, 2.24) is 9.71 Å². The van der Waals surface area contributed by atoms with E-state index < -0.39 is 51.1 Å². The third kappa shape index (κ3) is 6.42. The second kappa shape index (κ2) is 9.43. The molecule has 0 radical (unpaired) electrons. The number of alkyl halides is 3. The van der Waals surface area contributed by atoms with Crippen molar-refractivity contribution in [3.05, 3.63) is 53.9 Å². The van der Waals surface area contributed by atoms with E-state index in [9.17, 15) is 31.2 Å². The molecule has 2 N–H and O–H groups in total. The summed E-state index contributed by atoms with van der Waals surface area (Å²) in [7, 11) is -4.46. The lowest BCUT2D eigenvalue weighted by molar-refractivity contribution is -0.145. The minimum atomic E-state index is -4.72. The van der Waals surface area contributed by atoms with E-state index in [1.807, 2.05) is 0 Å². The number of rotatable bonds is 9. The monoisotopic (exact) mass is 446 g/mol. The zero-order valence-corrected chi connectivity index (χ0v) is 17.0.